The van der Waals surface area contributed by atoms with E-state index >= 15 is 0 Å². The molecule has 0 saturated heterocycles. The topological polar surface area (TPSA) is 138 Å². The number of hydrogen-bond acceptors (Lipinski definition) is 7. The van der Waals surface area contributed by atoms with Crippen molar-refractivity contribution in [3.63, 3.8) is 0 Å². The molecule has 2 N–H and O–H groups in total. The summed E-state index contributed by atoms with van der Waals surface area (Å²) in [5, 5.41) is 21.8. The lowest BCUT2D eigenvalue weighted by Crippen LogP contribution is -2.31. The molecule has 0 fully saturated rings. The predicted octanol–water partition coefficient (Wildman–Crippen LogP) is 2.88. The summed E-state index contributed by atoms with van der Waals surface area (Å²) in [5.74, 6) is -0.508. The highest BCUT2D eigenvalue weighted by molar-refractivity contribution is 5.99. The van der Waals surface area contributed by atoms with Crippen LogP contribution in [0.15, 0.2) is 55.3 Å². The molecule has 2 amide bonds. The molecule has 180 valence electrons. The number of carbonyl (C=O) groups is 2. The van der Waals surface area contributed by atoms with Crippen molar-refractivity contribution in [3.8, 4) is 22.6 Å². The van der Waals surface area contributed by atoms with E-state index in [1.165, 1.54) is 18.0 Å². The zero-order valence-electron chi connectivity index (χ0n) is 18.9. The third kappa shape index (κ3) is 5.04. The number of nitro groups is 1. The van der Waals surface area contributed by atoms with Crippen molar-refractivity contribution < 1.29 is 24.0 Å². The van der Waals surface area contributed by atoms with Crippen LogP contribution in [-0.2, 0) is 16.0 Å². The Hall–Kier alpha value is -4.51. The lowest BCUT2D eigenvalue weighted by Gasteiger charge is -2.16. The zero-order chi connectivity index (χ0) is 24.9. The Kier molecular flexibility index (Phi) is 6.88. The summed E-state index contributed by atoms with van der Waals surface area (Å²) in [5.41, 5.74) is 2.91. The van der Waals surface area contributed by atoms with Crippen LogP contribution >= 0.6 is 0 Å². The van der Waals surface area contributed by atoms with Crippen LogP contribution in [-0.4, -0.2) is 53.4 Å². The fourth-order valence-electron chi connectivity index (χ4n) is 3.80. The first-order valence-electron chi connectivity index (χ1n) is 10.8. The average Bonchev–Trinajstić information content (AvgIpc) is 3.30. The molecule has 1 aliphatic rings. The Labute approximate surface area is 200 Å². The molecule has 35 heavy (non-hydrogen) atoms. The second-order valence-electron chi connectivity index (χ2n) is 7.68. The van der Waals surface area contributed by atoms with Crippen LogP contribution < -0.4 is 15.4 Å². The van der Waals surface area contributed by atoms with E-state index < -0.39 is 10.8 Å². The van der Waals surface area contributed by atoms with Crippen LogP contribution in [0.25, 0.3) is 16.8 Å². The summed E-state index contributed by atoms with van der Waals surface area (Å²) >= 11 is 0. The van der Waals surface area contributed by atoms with E-state index in [0.717, 1.165) is 11.6 Å². The van der Waals surface area contributed by atoms with Crippen molar-refractivity contribution in [2.75, 3.05) is 32.2 Å². The maximum Gasteiger partial charge on any atom is 0.358 e. The predicted molar refractivity (Wildman–Crippen MR) is 128 cm³/mol. The largest absolute Gasteiger partial charge is 0.491 e. The number of nitrogens with one attached hydrogen (secondary N) is 2. The van der Waals surface area contributed by atoms with Gasteiger partial charge in [-0.3, -0.25) is 9.59 Å². The number of fused-ring (bicyclic) bond motifs is 1. The molecule has 0 saturated carbocycles. The first-order valence-corrected chi connectivity index (χ1v) is 10.8. The fraction of sp³-hybridized carbons (Fsp3) is 0.208. The summed E-state index contributed by atoms with van der Waals surface area (Å²) in [6.07, 6.45) is 3.15. The second kappa shape index (κ2) is 10.2. The number of carbonyl (C=O) groups excluding carboxylic acids is 2. The highest BCUT2D eigenvalue weighted by Crippen LogP contribution is 2.35. The molecule has 1 aliphatic heterocycles. The van der Waals surface area contributed by atoms with Gasteiger partial charge in [-0.15, -0.1) is 0 Å². The number of anilines is 1. The van der Waals surface area contributed by atoms with Gasteiger partial charge in [-0.2, -0.15) is 0 Å². The molecule has 1 aromatic heterocycles. The molecule has 4 rings (SSSR count). The summed E-state index contributed by atoms with van der Waals surface area (Å²) in [6.45, 7) is 4.52. The van der Waals surface area contributed by atoms with Crippen molar-refractivity contribution in [2.45, 2.75) is 6.42 Å². The van der Waals surface area contributed by atoms with Crippen molar-refractivity contribution in [2.24, 2.45) is 0 Å². The van der Waals surface area contributed by atoms with Gasteiger partial charge in [-0.25, -0.2) is 0 Å². The highest BCUT2D eigenvalue weighted by Gasteiger charge is 2.27. The Balaban J connectivity index is 1.79. The fourth-order valence-corrected chi connectivity index (χ4v) is 3.80. The number of methoxy groups -OCH3 is 1. The molecule has 0 unspecified atom stereocenters. The van der Waals surface area contributed by atoms with Gasteiger partial charge < -0.3 is 30.2 Å². The van der Waals surface area contributed by atoms with Crippen LogP contribution in [0.1, 0.15) is 15.9 Å². The smallest absolute Gasteiger partial charge is 0.358 e. The molecule has 3 aromatic rings. The van der Waals surface area contributed by atoms with Gasteiger partial charge in [0.25, 0.3) is 5.91 Å². The van der Waals surface area contributed by atoms with Crippen molar-refractivity contribution >= 4 is 23.3 Å². The number of benzene rings is 2. The number of hydrogen-bond donors (Lipinski definition) is 2. The van der Waals surface area contributed by atoms with Crippen LogP contribution in [0.5, 0.6) is 5.75 Å². The summed E-state index contributed by atoms with van der Waals surface area (Å²) in [6, 6.07) is 9.82. The monoisotopic (exact) mass is 477 g/mol. The third-order valence-electron chi connectivity index (χ3n) is 5.40. The van der Waals surface area contributed by atoms with Crippen LogP contribution in [0.3, 0.4) is 0 Å². The minimum atomic E-state index is -0.519. The molecule has 0 atom stereocenters. The highest BCUT2D eigenvalue weighted by atomic mass is 16.6. The first-order chi connectivity index (χ1) is 16.9. The van der Waals surface area contributed by atoms with E-state index in [-0.39, 0.29) is 18.3 Å². The van der Waals surface area contributed by atoms with E-state index in [0.29, 0.717) is 53.4 Å². The number of amides is 2. The summed E-state index contributed by atoms with van der Waals surface area (Å²) in [7, 11) is 1.54. The maximum absolute atomic E-state index is 12.1. The van der Waals surface area contributed by atoms with Crippen molar-refractivity contribution in [1.82, 2.24) is 15.1 Å². The number of aromatic nitrogens is 2. The van der Waals surface area contributed by atoms with Crippen molar-refractivity contribution in [1.29, 1.82) is 0 Å². The van der Waals surface area contributed by atoms with Gasteiger partial charge in [0, 0.05) is 43.1 Å². The lowest BCUT2D eigenvalue weighted by atomic mass is 9.96. The van der Waals surface area contributed by atoms with Gasteiger partial charge in [0.15, 0.2) is 5.69 Å². The minimum absolute atomic E-state index is 0.164. The molecular formula is C24H23N5O6. The van der Waals surface area contributed by atoms with Crippen LogP contribution in [0.4, 0.5) is 11.5 Å². The molecule has 0 radical (unpaired) electrons. The van der Waals surface area contributed by atoms with E-state index in [2.05, 4.69) is 22.3 Å². The van der Waals surface area contributed by atoms with Crippen LogP contribution in [0.2, 0.25) is 0 Å². The van der Waals surface area contributed by atoms with Gasteiger partial charge >= 0.3 is 5.82 Å². The summed E-state index contributed by atoms with van der Waals surface area (Å²) in [4.78, 5) is 35.5. The quantitative estimate of drug-likeness (QED) is 0.209. The molecule has 0 spiro atoms. The lowest BCUT2D eigenvalue weighted by molar-refractivity contribution is -0.390. The van der Waals surface area contributed by atoms with Gasteiger partial charge in [0.1, 0.15) is 12.4 Å². The van der Waals surface area contributed by atoms with Gasteiger partial charge in [0.05, 0.1) is 18.4 Å². The standard InChI is InChI=1S/C24H23N5O6/c1-3-22(30)27-17-11-18(13-19(12-17)35-9-8-34-2)28-24(29(32)33)21(14-26-28)15-4-5-20-16(10-15)6-7-25-23(20)31/h3-5,10-14H,1,6-9H2,2H3,(H,25,31)(H,27,30). The number of rotatable bonds is 9. The molecule has 0 bridgehead atoms. The molecule has 2 aromatic carbocycles. The number of nitrogens with zero attached hydrogens (tertiary/aromatic N) is 3. The Morgan fingerprint density at radius 2 is 2.11 bits per heavy atom. The van der Waals surface area contributed by atoms with E-state index in [9.17, 15) is 19.7 Å². The minimum Gasteiger partial charge on any atom is -0.491 e. The van der Waals surface area contributed by atoms with Crippen molar-refractivity contribution in [3.05, 3.63) is 76.5 Å². The summed E-state index contributed by atoms with van der Waals surface area (Å²) < 4.78 is 11.9. The van der Waals surface area contributed by atoms with E-state index in [4.69, 9.17) is 9.47 Å². The Bertz CT molecular complexity index is 1320. The first kappa shape index (κ1) is 23.6. The Morgan fingerprint density at radius 1 is 1.29 bits per heavy atom. The molecule has 2 heterocycles. The second-order valence-corrected chi connectivity index (χ2v) is 7.68. The molecule has 0 aliphatic carbocycles. The molecule has 11 heteroatoms. The van der Waals surface area contributed by atoms with E-state index in [1.807, 2.05) is 0 Å². The maximum atomic E-state index is 12.1. The SMILES string of the molecule is C=CC(=O)Nc1cc(OCCOC)cc(-n2ncc(-c3ccc4c(c3)CCNC4=O)c2[N+](=O)[O-])c1. The Morgan fingerprint density at radius 3 is 2.86 bits per heavy atom. The third-order valence-corrected chi connectivity index (χ3v) is 5.40. The normalized spacial score (nSPS) is 12.4. The average molecular weight is 477 g/mol. The van der Waals surface area contributed by atoms with Crippen LogP contribution in [0, 0.1) is 10.1 Å². The van der Waals surface area contributed by atoms with Gasteiger partial charge in [0.2, 0.25) is 5.91 Å². The van der Waals surface area contributed by atoms with Gasteiger partial charge in [-0.1, -0.05) is 22.4 Å². The van der Waals surface area contributed by atoms with Gasteiger partial charge in [-0.05, 0) is 40.7 Å². The molecule has 11 nitrogen and oxygen atoms in total. The van der Waals surface area contributed by atoms with E-state index in [1.54, 1.807) is 36.4 Å². The number of ether oxygens (including phenoxy) is 2. The zero-order valence-corrected chi connectivity index (χ0v) is 18.9. The molecular weight excluding hydrogens is 454 g/mol.